The molecule has 0 radical (unpaired) electrons. The van der Waals surface area contributed by atoms with Gasteiger partial charge in [-0.1, -0.05) is 148 Å². The minimum Gasteiger partial charge on any atom is -0.300 e. The summed E-state index contributed by atoms with van der Waals surface area (Å²) in [6.45, 7) is 4.54. The van der Waals surface area contributed by atoms with E-state index in [1.807, 2.05) is 0 Å². The van der Waals surface area contributed by atoms with Gasteiger partial charge in [0.15, 0.2) is 0 Å². The van der Waals surface area contributed by atoms with E-state index in [0.29, 0.717) is 5.78 Å². The predicted molar refractivity (Wildman–Crippen MR) is 141 cm³/mol. The van der Waals surface area contributed by atoms with E-state index in [1.165, 1.54) is 135 Å². The summed E-state index contributed by atoms with van der Waals surface area (Å²) in [4.78, 5) is 11.9. The first kappa shape index (κ1) is 30.4. The molecule has 1 nitrogen and oxygen atoms in total. The Morgan fingerprint density at radius 3 is 1.23 bits per heavy atom. The first-order valence-corrected chi connectivity index (χ1v) is 14.5. The number of ketones is 1. The van der Waals surface area contributed by atoms with Crippen LogP contribution in [0.25, 0.3) is 0 Å². The summed E-state index contributed by atoms with van der Waals surface area (Å²) >= 11 is 0. The Kier molecular flexibility index (Phi) is 26.9. The van der Waals surface area contributed by atoms with Gasteiger partial charge in [0.25, 0.3) is 0 Å². The summed E-state index contributed by atoms with van der Waals surface area (Å²) in [7, 11) is 0. The lowest BCUT2D eigenvalue weighted by atomic mass is 10.0. The average molecular weight is 435 g/mol. The molecular formula is C30H58O. The minimum absolute atomic E-state index is 0.469. The van der Waals surface area contributed by atoms with Crippen molar-refractivity contribution < 1.29 is 4.79 Å². The second-order valence-electron chi connectivity index (χ2n) is 9.80. The molecule has 0 aliphatic rings. The van der Waals surface area contributed by atoms with Crippen molar-refractivity contribution in [1.29, 1.82) is 0 Å². The molecule has 0 fully saturated rings. The molecule has 0 aromatic rings. The van der Waals surface area contributed by atoms with E-state index < -0.39 is 0 Å². The molecule has 0 aliphatic carbocycles. The van der Waals surface area contributed by atoms with Crippen molar-refractivity contribution in [3.8, 4) is 0 Å². The monoisotopic (exact) mass is 434 g/mol. The molecular weight excluding hydrogens is 376 g/mol. The number of Topliss-reactive ketones (excluding diaryl/α,β-unsaturated/α-hetero) is 1. The molecule has 0 N–H and O–H groups in total. The van der Waals surface area contributed by atoms with Crippen LogP contribution in [-0.2, 0) is 4.79 Å². The quantitative estimate of drug-likeness (QED) is 0.0976. The van der Waals surface area contributed by atoms with Crippen LogP contribution in [0.2, 0.25) is 0 Å². The molecule has 31 heavy (non-hydrogen) atoms. The molecule has 184 valence electrons. The number of unbranched alkanes of at least 4 members (excludes halogenated alkanes) is 20. The zero-order valence-electron chi connectivity index (χ0n) is 21.7. The Bertz CT molecular complexity index is 371. The van der Waals surface area contributed by atoms with Crippen LogP contribution in [0.1, 0.15) is 174 Å². The van der Waals surface area contributed by atoms with Gasteiger partial charge in [0.2, 0.25) is 0 Å². The molecule has 0 bridgehead atoms. The van der Waals surface area contributed by atoms with Crippen molar-refractivity contribution in [1.82, 2.24) is 0 Å². The Hall–Kier alpha value is -0.590. The highest BCUT2D eigenvalue weighted by Gasteiger charge is 2.00. The maximum absolute atomic E-state index is 11.9. The minimum atomic E-state index is 0.469. The topological polar surface area (TPSA) is 17.1 Å². The van der Waals surface area contributed by atoms with Crippen LogP contribution in [0.15, 0.2) is 12.2 Å². The van der Waals surface area contributed by atoms with Gasteiger partial charge >= 0.3 is 0 Å². The van der Waals surface area contributed by atoms with Crippen molar-refractivity contribution in [3.05, 3.63) is 12.2 Å². The van der Waals surface area contributed by atoms with Crippen molar-refractivity contribution in [2.45, 2.75) is 174 Å². The lowest BCUT2D eigenvalue weighted by molar-refractivity contribution is -0.119. The van der Waals surface area contributed by atoms with Gasteiger partial charge in [0.05, 0.1) is 0 Å². The van der Waals surface area contributed by atoms with Crippen LogP contribution >= 0.6 is 0 Å². The molecule has 0 aliphatic heterocycles. The van der Waals surface area contributed by atoms with Crippen molar-refractivity contribution in [3.63, 3.8) is 0 Å². The second-order valence-corrected chi connectivity index (χ2v) is 9.80. The van der Waals surface area contributed by atoms with Gasteiger partial charge in [-0.2, -0.15) is 0 Å². The highest BCUT2D eigenvalue weighted by molar-refractivity contribution is 5.78. The third-order valence-corrected chi connectivity index (χ3v) is 6.54. The molecule has 0 spiro atoms. The molecule has 0 saturated carbocycles. The van der Waals surface area contributed by atoms with Crippen molar-refractivity contribution in [2.75, 3.05) is 0 Å². The fourth-order valence-electron chi connectivity index (χ4n) is 4.34. The summed E-state index contributed by atoms with van der Waals surface area (Å²) < 4.78 is 0. The Morgan fingerprint density at radius 1 is 0.419 bits per heavy atom. The van der Waals surface area contributed by atoms with Crippen LogP contribution in [-0.4, -0.2) is 5.78 Å². The molecule has 0 saturated heterocycles. The van der Waals surface area contributed by atoms with Gasteiger partial charge in [-0.05, 0) is 25.7 Å². The number of carbonyl (C=O) groups is 1. The Balaban J connectivity index is 3.17. The highest BCUT2D eigenvalue weighted by atomic mass is 16.1. The second kappa shape index (κ2) is 27.4. The van der Waals surface area contributed by atoms with Gasteiger partial charge in [-0.3, -0.25) is 4.79 Å². The Morgan fingerprint density at radius 2 is 0.774 bits per heavy atom. The number of allylic oxidation sites excluding steroid dienone is 2. The smallest absolute Gasteiger partial charge is 0.133 e. The zero-order valence-corrected chi connectivity index (χ0v) is 21.7. The van der Waals surface area contributed by atoms with E-state index in [1.54, 1.807) is 0 Å². The highest BCUT2D eigenvalue weighted by Crippen LogP contribution is 2.14. The van der Waals surface area contributed by atoms with E-state index in [4.69, 9.17) is 0 Å². The number of rotatable bonds is 26. The molecule has 0 aromatic heterocycles. The Labute approximate surface area is 197 Å². The van der Waals surface area contributed by atoms with Crippen LogP contribution < -0.4 is 0 Å². The van der Waals surface area contributed by atoms with Crippen LogP contribution in [0.5, 0.6) is 0 Å². The lowest BCUT2D eigenvalue weighted by Crippen LogP contribution is -1.96. The van der Waals surface area contributed by atoms with E-state index in [2.05, 4.69) is 26.0 Å². The summed E-state index contributed by atoms with van der Waals surface area (Å²) in [6.07, 6.45) is 37.2. The van der Waals surface area contributed by atoms with Gasteiger partial charge in [0.1, 0.15) is 5.78 Å². The van der Waals surface area contributed by atoms with E-state index in [-0.39, 0.29) is 0 Å². The van der Waals surface area contributed by atoms with E-state index >= 15 is 0 Å². The molecule has 0 heterocycles. The van der Waals surface area contributed by atoms with Crippen molar-refractivity contribution >= 4 is 5.78 Å². The maximum atomic E-state index is 11.9. The first-order valence-electron chi connectivity index (χ1n) is 14.5. The third kappa shape index (κ3) is 27.4. The molecule has 0 amide bonds. The van der Waals surface area contributed by atoms with E-state index in [9.17, 15) is 4.79 Å². The lowest BCUT2D eigenvalue weighted by Gasteiger charge is -2.04. The summed E-state index contributed by atoms with van der Waals surface area (Å²) in [6, 6.07) is 0. The van der Waals surface area contributed by atoms with Crippen LogP contribution in [0, 0.1) is 0 Å². The third-order valence-electron chi connectivity index (χ3n) is 6.54. The van der Waals surface area contributed by atoms with Gasteiger partial charge in [-0.15, -0.1) is 0 Å². The normalized spacial score (nSPS) is 11.5. The fraction of sp³-hybridized carbons (Fsp3) is 0.900. The van der Waals surface area contributed by atoms with Crippen LogP contribution in [0.3, 0.4) is 0 Å². The van der Waals surface area contributed by atoms with Gasteiger partial charge in [-0.25, -0.2) is 0 Å². The maximum Gasteiger partial charge on any atom is 0.133 e. The average Bonchev–Trinajstić information content (AvgIpc) is 2.77. The summed E-state index contributed by atoms with van der Waals surface area (Å²) in [5, 5.41) is 0. The number of carbonyl (C=O) groups excluding carboxylic acids is 1. The van der Waals surface area contributed by atoms with Gasteiger partial charge in [0, 0.05) is 12.8 Å². The summed E-state index contributed by atoms with van der Waals surface area (Å²) in [5.74, 6) is 0.469. The fourth-order valence-corrected chi connectivity index (χ4v) is 4.34. The first-order chi connectivity index (χ1) is 15.3. The van der Waals surface area contributed by atoms with Crippen LogP contribution in [0.4, 0.5) is 0 Å². The largest absolute Gasteiger partial charge is 0.300 e. The molecule has 0 unspecified atom stereocenters. The summed E-state index contributed by atoms with van der Waals surface area (Å²) in [5.41, 5.74) is 0. The number of hydrogen-bond donors (Lipinski definition) is 0. The zero-order chi connectivity index (χ0) is 22.7. The van der Waals surface area contributed by atoms with E-state index in [0.717, 1.165) is 25.7 Å². The molecule has 0 aromatic carbocycles. The number of hydrogen-bond acceptors (Lipinski definition) is 1. The van der Waals surface area contributed by atoms with Gasteiger partial charge < -0.3 is 0 Å². The predicted octanol–water partition coefficient (Wildman–Crippen LogP) is 10.9. The standard InChI is InChI=1S/C30H58O/c1-3-5-7-9-11-13-14-15-16-17-18-19-20-21-23-25-27-29-30(31)28-26-24-22-12-10-8-6-4-2/h22,24H,3-21,23,25-29H2,1-2H3. The molecule has 0 atom stereocenters. The molecule has 1 heteroatoms. The molecule has 0 rings (SSSR count). The van der Waals surface area contributed by atoms with Crippen molar-refractivity contribution in [2.24, 2.45) is 0 Å². The SMILES string of the molecule is CCCCCCC=CCCC(=O)CCCCCCCCCCCCCCCCCCC.